The smallest absolute Gasteiger partial charge is 0.151 e. The molecule has 2 rings (SSSR count). The zero-order chi connectivity index (χ0) is 13.9. The molecule has 1 aromatic rings. The molecular weight excluding hydrogens is 262 g/mol. The van der Waals surface area contributed by atoms with E-state index in [2.05, 4.69) is 5.32 Å². The summed E-state index contributed by atoms with van der Waals surface area (Å²) in [5.74, 6) is 1.40. The molecule has 1 fully saturated rings. The lowest BCUT2D eigenvalue weighted by molar-refractivity contribution is 0.390. The van der Waals surface area contributed by atoms with Gasteiger partial charge in [0.2, 0.25) is 0 Å². The molecule has 1 N–H and O–H groups in total. The van der Waals surface area contributed by atoms with Crippen molar-refractivity contribution in [1.29, 1.82) is 0 Å². The molecule has 0 saturated carbocycles. The molecule has 1 saturated heterocycles. The second-order valence-electron chi connectivity index (χ2n) is 5.08. The van der Waals surface area contributed by atoms with Crippen molar-refractivity contribution in [2.75, 3.05) is 18.6 Å². The van der Waals surface area contributed by atoms with Gasteiger partial charge in [-0.25, -0.2) is 8.42 Å². The van der Waals surface area contributed by atoms with Crippen molar-refractivity contribution in [3.63, 3.8) is 0 Å². The Morgan fingerprint density at radius 3 is 2.79 bits per heavy atom. The first-order valence-corrected chi connectivity index (χ1v) is 8.43. The molecule has 19 heavy (non-hydrogen) atoms. The molecule has 1 aliphatic rings. The maximum atomic E-state index is 11.6. The van der Waals surface area contributed by atoms with E-state index in [9.17, 15) is 8.42 Å². The normalized spacial score (nSPS) is 23.8. The number of hydrogen-bond donors (Lipinski definition) is 1. The maximum Gasteiger partial charge on any atom is 0.151 e. The fourth-order valence-electron chi connectivity index (χ4n) is 2.62. The molecule has 0 spiro atoms. The molecule has 0 amide bonds. The largest absolute Gasteiger partial charge is 0.496 e. The standard InChI is InChI=1S/C14H21NO3S/c1-11(13-7-3-4-8-14(13)18-2)15-12-6-5-9-19(16,17)10-12/h3-4,7-8,11-12,15H,5-6,9-10H2,1-2H3/t11-,12?/m1/s1. The van der Waals surface area contributed by atoms with E-state index < -0.39 is 9.84 Å². The van der Waals surface area contributed by atoms with Crippen LogP contribution in [0.3, 0.4) is 0 Å². The summed E-state index contributed by atoms with van der Waals surface area (Å²) in [5, 5.41) is 3.41. The number of methoxy groups -OCH3 is 1. The fourth-order valence-corrected chi connectivity index (χ4v) is 4.27. The molecule has 1 unspecified atom stereocenters. The Bertz CT molecular complexity index is 527. The van der Waals surface area contributed by atoms with E-state index in [0.29, 0.717) is 5.75 Å². The van der Waals surface area contributed by atoms with Crippen LogP contribution in [0.1, 0.15) is 31.4 Å². The molecule has 4 nitrogen and oxygen atoms in total. The molecular formula is C14H21NO3S. The van der Waals surface area contributed by atoms with Crippen LogP contribution in [0, 0.1) is 0 Å². The summed E-state index contributed by atoms with van der Waals surface area (Å²) in [7, 11) is -1.22. The summed E-state index contributed by atoms with van der Waals surface area (Å²) in [6.07, 6.45) is 1.66. The van der Waals surface area contributed by atoms with Gasteiger partial charge in [-0.15, -0.1) is 0 Å². The Kier molecular flexibility index (Phi) is 4.47. The van der Waals surface area contributed by atoms with E-state index in [1.807, 2.05) is 31.2 Å². The SMILES string of the molecule is COc1ccccc1[C@@H](C)NC1CCCS(=O)(=O)C1. The van der Waals surface area contributed by atoms with Crippen molar-refractivity contribution in [3.8, 4) is 5.75 Å². The van der Waals surface area contributed by atoms with Crippen LogP contribution in [-0.4, -0.2) is 33.1 Å². The number of ether oxygens (including phenoxy) is 1. The molecule has 1 aliphatic heterocycles. The molecule has 0 aromatic heterocycles. The predicted molar refractivity (Wildman–Crippen MR) is 76.2 cm³/mol. The summed E-state index contributed by atoms with van der Waals surface area (Å²) in [5.41, 5.74) is 1.06. The lowest BCUT2D eigenvalue weighted by atomic mass is 10.1. The van der Waals surface area contributed by atoms with E-state index in [4.69, 9.17) is 4.74 Å². The van der Waals surface area contributed by atoms with Gasteiger partial charge in [-0.2, -0.15) is 0 Å². The lowest BCUT2D eigenvalue weighted by Gasteiger charge is -2.27. The van der Waals surface area contributed by atoms with Crippen molar-refractivity contribution in [2.45, 2.75) is 31.8 Å². The van der Waals surface area contributed by atoms with Crippen LogP contribution >= 0.6 is 0 Å². The van der Waals surface area contributed by atoms with Gasteiger partial charge in [0.05, 0.1) is 18.6 Å². The summed E-state index contributed by atoms with van der Waals surface area (Å²) in [6.45, 7) is 2.04. The van der Waals surface area contributed by atoms with E-state index in [0.717, 1.165) is 24.2 Å². The highest BCUT2D eigenvalue weighted by molar-refractivity contribution is 7.91. The Morgan fingerprint density at radius 2 is 2.11 bits per heavy atom. The van der Waals surface area contributed by atoms with Gasteiger partial charge < -0.3 is 10.1 Å². The molecule has 106 valence electrons. The second-order valence-corrected chi connectivity index (χ2v) is 7.31. The zero-order valence-electron chi connectivity index (χ0n) is 11.4. The number of sulfone groups is 1. The van der Waals surface area contributed by atoms with Crippen molar-refractivity contribution in [2.24, 2.45) is 0 Å². The minimum Gasteiger partial charge on any atom is -0.496 e. The summed E-state index contributed by atoms with van der Waals surface area (Å²) in [6, 6.07) is 7.94. The molecule has 5 heteroatoms. The van der Waals surface area contributed by atoms with Gasteiger partial charge >= 0.3 is 0 Å². The Balaban J connectivity index is 2.06. The van der Waals surface area contributed by atoms with Crippen LogP contribution in [-0.2, 0) is 9.84 Å². The number of hydrogen-bond acceptors (Lipinski definition) is 4. The predicted octanol–water partition coefficient (Wildman–Crippen LogP) is 1.92. The highest BCUT2D eigenvalue weighted by Gasteiger charge is 2.26. The minimum absolute atomic E-state index is 0.0404. The van der Waals surface area contributed by atoms with Gasteiger partial charge in [-0.05, 0) is 25.8 Å². The zero-order valence-corrected chi connectivity index (χ0v) is 12.2. The van der Waals surface area contributed by atoms with Crippen molar-refractivity contribution in [1.82, 2.24) is 5.32 Å². The number of rotatable bonds is 4. The van der Waals surface area contributed by atoms with Crippen molar-refractivity contribution in [3.05, 3.63) is 29.8 Å². The van der Waals surface area contributed by atoms with E-state index in [-0.39, 0.29) is 17.8 Å². The van der Waals surface area contributed by atoms with E-state index >= 15 is 0 Å². The van der Waals surface area contributed by atoms with Gasteiger partial charge in [0.15, 0.2) is 9.84 Å². The van der Waals surface area contributed by atoms with Crippen LogP contribution in [0.15, 0.2) is 24.3 Å². The highest BCUT2D eigenvalue weighted by Crippen LogP contribution is 2.25. The monoisotopic (exact) mass is 283 g/mol. The third-order valence-corrected chi connectivity index (χ3v) is 5.38. The van der Waals surface area contributed by atoms with Crippen LogP contribution < -0.4 is 10.1 Å². The quantitative estimate of drug-likeness (QED) is 0.917. The van der Waals surface area contributed by atoms with Crippen LogP contribution in [0.5, 0.6) is 5.75 Å². The molecule has 0 radical (unpaired) electrons. The van der Waals surface area contributed by atoms with Gasteiger partial charge in [-0.3, -0.25) is 0 Å². The van der Waals surface area contributed by atoms with Gasteiger partial charge in [-0.1, -0.05) is 18.2 Å². The Morgan fingerprint density at radius 1 is 1.37 bits per heavy atom. The topological polar surface area (TPSA) is 55.4 Å². The van der Waals surface area contributed by atoms with Crippen molar-refractivity contribution >= 4 is 9.84 Å². The van der Waals surface area contributed by atoms with Gasteiger partial charge in [0, 0.05) is 17.6 Å². The van der Waals surface area contributed by atoms with Gasteiger partial charge in [0.25, 0.3) is 0 Å². The van der Waals surface area contributed by atoms with Crippen LogP contribution in [0.2, 0.25) is 0 Å². The minimum atomic E-state index is -2.87. The first-order chi connectivity index (χ1) is 9.02. The first kappa shape index (κ1) is 14.3. The number of benzene rings is 1. The first-order valence-electron chi connectivity index (χ1n) is 6.61. The second kappa shape index (κ2) is 5.92. The van der Waals surface area contributed by atoms with E-state index in [1.54, 1.807) is 7.11 Å². The summed E-state index contributed by atoms with van der Waals surface area (Å²) >= 11 is 0. The van der Waals surface area contributed by atoms with Gasteiger partial charge in [0.1, 0.15) is 5.75 Å². The summed E-state index contributed by atoms with van der Waals surface area (Å²) < 4.78 is 28.6. The molecule has 1 heterocycles. The van der Waals surface area contributed by atoms with Crippen molar-refractivity contribution < 1.29 is 13.2 Å². The van der Waals surface area contributed by atoms with Crippen LogP contribution in [0.25, 0.3) is 0 Å². The molecule has 0 aliphatic carbocycles. The average molecular weight is 283 g/mol. The summed E-state index contributed by atoms with van der Waals surface area (Å²) in [4.78, 5) is 0. The highest BCUT2D eigenvalue weighted by atomic mass is 32.2. The third kappa shape index (κ3) is 3.70. The Hall–Kier alpha value is -1.07. The fraction of sp³-hybridized carbons (Fsp3) is 0.571. The van der Waals surface area contributed by atoms with Crippen LogP contribution in [0.4, 0.5) is 0 Å². The molecule has 2 atom stereocenters. The lowest BCUT2D eigenvalue weighted by Crippen LogP contribution is -2.41. The van der Waals surface area contributed by atoms with E-state index in [1.165, 1.54) is 0 Å². The average Bonchev–Trinajstić information content (AvgIpc) is 2.37. The Labute approximate surface area is 115 Å². The molecule has 1 aromatic carbocycles. The number of nitrogens with one attached hydrogen (secondary N) is 1. The molecule has 0 bridgehead atoms. The third-order valence-electron chi connectivity index (χ3n) is 3.55. The number of para-hydroxylation sites is 1. The maximum absolute atomic E-state index is 11.6.